The Morgan fingerprint density at radius 1 is 1.07 bits per heavy atom. The van der Waals surface area contributed by atoms with E-state index < -0.39 is 0 Å². The van der Waals surface area contributed by atoms with Crippen LogP contribution in [0.15, 0.2) is 72.1 Å². The number of carbonyl (C=O) groups excluding carboxylic acids is 1. The Kier molecular flexibility index (Phi) is 5.97. The summed E-state index contributed by atoms with van der Waals surface area (Å²) in [4.78, 5) is 16.8. The second kappa shape index (κ2) is 8.81. The molecule has 150 valence electrons. The molecule has 0 unspecified atom stereocenters. The predicted octanol–water partition coefficient (Wildman–Crippen LogP) is 5.57. The van der Waals surface area contributed by atoms with Crippen LogP contribution in [-0.2, 0) is 0 Å². The lowest BCUT2D eigenvalue weighted by molar-refractivity contribution is 0.102. The summed E-state index contributed by atoms with van der Waals surface area (Å²) in [5.74, 6) is 0.948. The Balaban J connectivity index is 1.70. The van der Waals surface area contributed by atoms with Crippen LogP contribution < -0.4 is 0 Å². The van der Waals surface area contributed by atoms with E-state index in [4.69, 9.17) is 11.6 Å². The molecule has 0 aliphatic heterocycles. The fraction of sp³-hybridized carbons (Fsp3) is 0.130. The molecule has 7 heteroatoms. The van der Waals surface area contributed by atoms with Gasteiger partial charge in [0.15, 0.2) is 16.8 Å². The van der Waals surface area contributed by atoms with E-state index in [1.54, 1.807) is 36.7 Å². The van der Waals surface area contributed by atoms with Crippen molar-refractivity contribution in [2.45, 2.75) is 19.0 Å². The molecular formula is C23H19ClN4OS. The first-order valence-electron chi connectivity index (χ1n) is 9.38. The van der Waals surface area contributed by atoms with Gasteiger partial charge in [-0.05, 0) is 61.9 Å². The number of ketones is 1. The van der Waals surface area contributed by atoms with E-state index in [-0.39, 0.29) is 11.5 Å². The molecule has 0 bridgehead atoms. The molecule has 0 fully saturated rings. The van der Waals surface area contributed by atoms with Gasteiger partial charge in [0.25, 0.3) is 0 Å². The van der Waals surface area contributed by atoms with Gasteiger partial charge >= 0.3 is 0 Å². The van der Waals surface area contributed by atoms with Gasteiger partial charge in [0.1, 0.15) is 0 Å². The number of carbonyl (C=O) groups is 1. The molecular weight excluding hydrogens is 416 g/mol. The lowest BCUT2D eigenvalue weighted by Gasteiger charge is -2.13. The zero-order chi connectivity index (χ0) is 21.1. The number of halogens is 1. The van der Waals surface area contributed by atoms with Crippen LogP contribution >= 0.6 is 23.4 Å². The van der Waals surface area contributed by atoms with E-state index in [0.717, 1.165) is 16.8 Å². The summed E-state index contributed by atoms with van der Waals surface area (Å²) in [5.41, 5.74) is 4.74. The van der Waals surface area contributed by atoms with Gasteiger partial charge in [-0.3, -0.25) is 14.3 Å². The zero-order valence-corrected chi connectivity index (χ0v) is 18.1. The molecule has 0 aliphatic carbocycles. The standard InChI is InChI=1S/C23H19ClN4OS/c1-15-5-10-20(16(2)12-15)28-22(18-4-3-11-25-13-18)26-27-23(28)30-14-21(29)17-6-8-19(24)9-7-17/h3-13H,14H2,1-2H3. The molecule has 2 aromatic heterocycles. The Morgan fingerprint density at radius 2 is 1.87 bits per heavy atom. The van der Waals surface area contributed by atoms with Crippen molar-refractivity contribution in [3.8, 4) is 17.1 Å². The summed E-state index contributed by atoms with van der Waals surface area (Å²) in [7, 11) is 0. The average molecular weight is 435 g/mol. The van der Waals surface area contributed by atoms with Crippen molar-refractivity contribution in [1.82, 2.24) is 19.7 Å². The van der Waals surface area contributed by atoms with E-state index in [0.29, 0.717) is 21.6 Å². The molecule has 0 aliphatic rings. The molecule has 30 heavy (non-hydrogen) atoms. The maximum absolute atomic E-state index is 12.6. The van der Waals surface area contributed by atoms with Crippen molar-refractivity contribution in [1.29, 1.82) is 0 Å². The largest absolute Gasteiger partial charge is 0.293 e. The lowest BCUT2D eigenvalue weighted by Crippen LogP contribution is -2.06. The second-order valence-electron chi connectivity index (χ2n) is 6.89. The quantitative estimate of drug-likeness (QED) is 0.293. The normalized spacial score (nSPS) is 10.9. The van der Waals surface area contributed by atoms with Crippen LogP contribution in [0.25, 0.3) is 17.1 Å². The maximum Gasteiger partial charge on any atom is 0.196 e. The topological polar surface area (TPSA) is 60.7 Å². The number of hydrogen-bond donors (Lipinski definition) is 0. The third-order valence-corrected chi connectivity index (χ3v) is 5.83. The summed E-state index contributed by atoms with van der Waals surface area (Å²) < 4.78 is 1.99. The molecule has 4 rings (SSSR count). The number of hydrogen-bond acceptors (Lipinski definition) is 5. The molecule has 0 saturated heterocycles. The van der Waals surface area contributed by atoms with Crippen LogP contribution in [0.1, 0.15) is 21.5 Å². The van der Waals surface area contributed by atoms with Gasteiger partial charge in [-0.25, -0.2) is 0 Å². The number of pyridine rings is 1. The number of rotatable bonds is 6. The molecule has 0 N–H and O–H groups in total. The van der Waals surface area contributed by atoms with E-state index in [2.05, 4.69) is 47.2 Å². The van der Waals surface area contributed by atoms with Crippen LogP contribution in [0, 0.1) is 13.8 Å². The summed E-state index contributed by atoms with van der Waals surface area (Å²) in [6, 6.07) is 17.0. The first-order chi connectivity index (χ1) is 14.5. The molecule has 2 heterocycles. The second-order valence-corrected chi connectivity index (χ2v) is 8.27. The molecule has 4 aromatic rings. The summed E-state index contributed by atoms with van der Waals surface area (Å²) >= 11 is 7.29. The Bertz CT molecular complexity index is 1190. The number of benzene rings is 2. The SMILES string of the molecule is Cc1ccc(-n2c(SCC(=O)c3ccc(Cl)cc3)nnc2-c2cccnc2)c(C)c1. The van der Waals surface area contributed by atoms with Crippen LogP contribution in [0.4, 0.5) is 0 Å². The smallest absolute Gasteiger partial charge is 0.196 e. The number of Topliss-reactive ketones (excluding diaryl/α,β-unsaturated/α-hetero) is 1. The molecule has 0 atom stereocenters. The number of nitrogens with zero attached hydrogens (tertiary/aromatic N) is 4. The van der Waals surface area contributed by atoms with E-state index in [1.807, 2.05) is 16.7 Å². The fourth-order valence-corrected chi connectivity index (χ4v) is 4.13. The van der Waals surface area contributed by atoms with Gasteiger partial charge in [-0.2, -0.15) is 0 Å². The highest BCUT2D eigenvalue weighted by atomic mass is 35.5. The number of aromatic nitrogens is 4. The number of thioether (sulfide) groups is 1. The van der Waals surface area contributed by atoms with Crippen molar-refractivity contribution < 1.29 is 4.79 Å². The Labute approximate surface area is 184 Å². The van der Waals surface area contributed by atoms with Crippen LogP contribution in [0.2, 0.25) is 5.02 Å². The van der Waals surface area contributed by atoms with E-state index >= 15 is 0 Å². The highest BCUT2D eigenvalue weighted by Gasteiger charge is 2.19. The van der Waals surface area contributed by atoms with Gasteiger partial charge < -0.3 is 0 Å². The first kappa shape index (κ1) is 20.3. The van der Waals surface area contributed by atoms with Crippen molar-refractivity contribution >= 4 is 29.1 Å². The van der Waals surface area contributed by atoms with E-state index in [1.165, 1.54) is 17.3 Å². The fourth-order valence-electron chi connectivity index (χ4n) is 3.17. The predicted molar refractivity (Wildman–Crippen MR) is 121 cm³/mol. The van der Waals surface area contributed by atoms with Crippen molar-refractivity contribution in [3.05, 3.63) is 88.7 Å². The monoisotopic (exact) mass is 434 g/mol. The van der Waals surface area contributed by atoms with Crippen molar-refractivity contribution in [2.75, 3.05) is 5.75 Å². The number of aryl methyl sites for hydroxylation is 2. The van der Waals surface area contributed by atoms with Crippen LogP contribution in [0.5, 0.6) is 0 Å². The average Bonchev–Trinajstić information content (AvgIpc) is 3.17. The molecule has 0 spiro atoms. The van der Waals surface area contributed by atoms with Gasteiger partial charge in [-0.15, -0.1) is 10.2 Å². The van der Waals surface area contributed by atoms with Crippen molar-refractivity contribution in [3.63, 3.8) is 0 Å². The molecule has 2 aromatic carbocycles. The highest BCUT2D eigenvalue weighted by Crippen LogP contribution is 2.30. The minimum atomic E-state index is 0.00905. The van der Waals surface area contributed by atoms with Crippen LogP contribution in [-0.4, -0.2) is 31.3 Å². The minimum Gasteiger partial charge on any atom is -0.293 e. The summed E-state index contributed by atoms with van der Waals surface area (Å²) in [6.45, 7) is 4.12. The molecule has 0 radical (unpaired) electrons. The van der Waals surface area contributed by atoms with Gasteiger partial charge in [-0.1, -0.05) is 41.1 Å². The van der Waals surface area contributed by atoms with Crippen molar-refractivity contribution in [2.24, 2.45) is 0 Å². The van der Waals surface area contributed by atoms with Crippen LogP contribution in [0.3, 0.4) is 0 Å². The Morgan fingerprint density at radius 3 is 2.57 bits per heavy atom. The zero-order valence-electron chi connectivity index (χ0n) is 16.5. The maximum atomic E-state index is 12.6. The third-order valence-electron chi connectivity index (χ3n) is 4.64. The van der Waals surface area contributed by atoms with Gasteiger partial charge in [0, 0.05) is 28.5 Å². The molecule has 5 nitrogen and oxygen atoms in total. The molecule has 0 saturated carbocycles. The minimum absolute atomic E-state index is 0.00905. The molecule has 0 amide bonds. The van der Waals surface area contributed by atoms with Gasteiger partial charge in [0.2, 0.25) is 0 Å². The first-order valence-corrected chi connectivity index (χ1v) is 10.7. The van der Waals surface area contributed by atoms with Gasteiger partial charge in [0.05, 0.1) is 11.4 Å². The third kappa shape index (κ3) is 4.30. The lowest BCUT2D eigenvalue weighted by atomic mass is 10.1. The summed E-state index contributed by atoms with van der Waals surface area (Å²) in [6.07, 6.45) is 3.49. The summed E-state index contributed by atoms with van der Waals surface area (Å²) in [5, 5.41) is 10.1. The Hall–Kier alpha value is -2.96. The highest BCUT2D eigenvalue weighted by molar-refractivity contribution is 7.99. The van der Waals surface area contributed by atoms with E-state index in [9.17, 15) is 4.79 Å².